The lowest BCUT2D eigenvalue weighted by atomic mass is 9.81. The number of amides is 3. The van der Waals surface area contributed by atoms with Crippen LogP contribution in [0.4, 0.5) is 5.69 Å². The molecule has 2 atom stereocenters. The van der Waals surface area contributed by atoms with Crippen LogP contribution in [0.5, 0.6) is 0 Å². The monoisotopic (exact) mass is 399 g/mol. The van der Waals surface area contributed by atoms with Crippen molar-refractivity contribution >= 4 is 40.3 Å². The molecule has 3 fully saturated rings. The normalized spacial score (nSPS) is 26.6. The van der Waals surface area contributed by atoms with Crippen molar-refractivity contribution in [3.8, 4) is 0 Å². The van der Waals surface area contributed by atoms with E-state index in [1.807, 2.05) is 30.3 Å². The lowest BCUT2D eigenvalue weighted by Gasteiger charge is -2.28. The quantitative estimate of drug-likeness (QED) is 0.729. The lowest BCUT2D eigenvalue weighted by Crippen LogP contribution is -2.41. The molecule has 0 radical (unpaired) electrons. The highest BCUT2D eigenvalue weighted by molar-refractivity contribution is 8.13. The fraction of sp³-hybridized carbons (Fsp3) is 0.524. The Hall–Kier alpha value is -2.15. The van der Waals surface area contributed by atoms with Gasteiger partial charge in [-0.1, -0.05) is 42.8 Å². The predicted molar refractivity (Wildman–Crippen MR) is 109 cm³/mol. The third-order valence-electron chi connectivity index (χ3n) is 5.75. The van der Waals surface area contributed by atoms with Crippen LogP contribution < -0.4 is 0 Å². The Kier molecular flexibility index (Phi) is 5.80. The van der Waals surface area contributed by atoms with Gasteiger partial charge >= 0.3 is 0 Å². The van der Waals surface area contributed by atoms with Crippen molar-refractivity contribution in [3.05, 3.63) is 30.3 Å². The molecule has 3 amide bonds. The first kappa shape index (κ1) is 19.2. The molecule has 1 aromatic rings. The molecular formula is C21H25N3O3S. The molecule has 6 nitrogen and oxygen atoms in total. The average molecular weight is 400 g/mol. The average Bonchev–Trinajstić information content (AvgIpc) is 2.98. The molecule has 0 N–H and O–H groups in total. The fourth-order valence-corrected chi connectivity index (χ4v) is 5.27. The summed E-state index contributed by atoms with van der Waals surface area (Å²) in [5.41, 5.74) is 0.818. The number of amidine groups is 1. The summed E-state index contributed by atoms with van der Waals surface area (Å²) in [4.78, 5) is 45.7. The van der Waals surface area contributed by atoms with Crippen LogP contribution >= 0.6 is 11.8 Å². The van der Waals surface area contributed by atoms with Crippen molar-refractivity contribution in [1.82, 2.24) is 9.80 Å². The summed E-state index contributed by atoms with van der Waals surface area (Å²) in [6.45, 7) is 0.813. The summed E-state index contributed by atoms with van der Waals surface area (Å²) in [6.07, 6.45) is 4.70. The molecular weight excluding hydrogens is 374 g/mol. The molecule has 7 heteroatoms. The van der Waals surface area contributed by atoms with Crippen LogP contribution in [0.15, 0.2) is 35.3 Å². The number of hydrogen-bond donors (Lipinski definition) is 0. The second-order valence-corrected chi connectivity index (χ2v) is 8.61. The molecule has 0 aromatic heterocycles. The Morgan fingerprint density at radius 2 is 1.71 bits per heavy atom. The van der Waals surface area contributed by atoms with E-state index in [9.17, 15) is 14.4 Å². The number of carbonyl (C=O) groups is 3. The van der Waals surface area contributed by atoms with Crippen LogP contribution in [0.2, 0.25) is 0 Å². The van der Waals surface area contributed by atoms with E-state index in [1.165, 1.54) is 4.90 Å². The molecule has 0 spiro atoms. The highest BCUT2D eigenvalue weighted by Crippen LogP contribution is 2.38. The first-order chi connectivity index (χ1) is 13.6. The SMILES string of the molecule is O=C(CCN1C(=O)[C@@H]2CCCC[C@H]2C1=O)N1CCCSC1=Nc1ccccc1. The van der Waals surface area contributed by atoms with Gasteiger partial charge in [0.25, 0.3) is 0 Å². The second kappa shape index (κ2) is 8.47. The van der Waals surface area contributed by atoms with Crippen LogP contribution in [0.3, 0.4) is 0 Å². The summed E-state index contributed by atoms with van der Waals surface area (Å²) in [5, 5.41) is 0.704. The molecule has 2 aliphatic heterocycles. The third-order valence-corrected chi connectivity index (χ3v) is 6.81. The van der Waals surface area contributed by atoms with Gasteiger partial charge in [0.1, 0.15) is 0 Å². The van der Waals surface area contributed by atoms with Gasteiger partial charge in [-0.2, -0.15) is 0 Å². The van der Waals surface area contributed by atoms with E-state index in [-0.39, 0.29) is 42.5 Å². The smallest absolute Gasteiger partial charge is 0.233 e. The van der Waals surface area contributed by atoms with E-state index in [1.54, 1.807) is 16.7 Å². The van der Waals surface area contributed by atoms with Gasteiger partial charge in [0, 0.05) is 25.3 Å². The number of likely N-dealkylation sites (tertiary alicyclic amines) is 1. The van der Waals surface area contributed by atoms with Crippen LogP contribution in [0, 0.1) is 11.8 Å². The largest absolute Gasteiger partial charge is 0.291 e. The van der Waals surface area contributed by atoms with Gasteiger partial charge in [-0.3, -0.25) is 24.2 Å². The number of hydrogen-bond acceptors (Lipinski definition) is 5. The van der Waals surface area contributed by atoms with Gasteiger partial charge in [-0.15, -0.1) is 0 Å². The molecule has 2 heterocycles. The number of benzene rings is 1. The van der Waals surface area contributed by atoms with Crippen LogP contribution in [-0.4, -0.2) is 51.5 Å². The van der Waals surface area contributed by atoms with Crippen molar-refractivity contribution in [2.24, 2.45) is 16.8 Å². The first-order valence-electron chi connectivity index (χ1n) is 10.1. The fourth-order valence-electron chi connectivity index (χ4n) is 4.29. The zero-order chi connectivity index (χ0) is 19.5. The Labute approximate surface area is 169 Å². The molecule has 148 valence electrons. The highest BCUT2D eigenvalue weighted by Gasteiger charge is 2.47. The van der Waals surface area contributed by atoms with Crippen LogP contribution in [0.1, 0.15) is 38.5 Å². The molecule has 1 saturated carbocycles. The predicted octanol–water partition coefficient (Wildman–Crippen LogP) is 3.20. The van der Waals surface area contributed by atoms with Crippen molar-refractivity contribution in [1.29, 1.82) is 0 Å². The Morgan fingerprint density at radius 3 is 2.39 bits per heavy atom. The number of nitrogens with zero attached hydrogens (tertiary/aromatic N) is 3. The van der Waals surface area contributed by atoms with Crippen LogP contribution in [0.25, 0.3) is 0 Å². The molecule has 4 rings (SSSR count). The Morgan fingerprint density at radius 1 is 1.04 bits per heavy atom. The van der Waals surface area contributed by atoms with Gasteiger partial charge in [-0.05, 0) is 31.4 Å². The number of imide groups is 1. The molecule has 2 saturated heterocycles. The summed E-state index contributed by atoms with van der Waals surface area (Å²) in [7, 11) is 0. The molecule has 0 bridgehead atoms. The Balaban J connectivity index is 1.42. The van der Waals surface area contributed by atoms with E-state index < -0.39 is 0 Å². The summed E-state index contributed by atoms with van der Waals surface area (Å²) < 4.78 is 0. The highest BCUT2D eigenvalue weighted by atomic mass is 32.2. The minimum atomic E-state index is -0.155. The number of aliphatic imine (C=N–C) groups is 1. The van der Waals surface area contributed by atoms with E-state index >= 15 is 0 Å². The first-order valence-corrected chi connectivity index (χ1v) is 11.1. The van der Waals surface area contributed by atoms with Gasteiger partial charge in [0.2, 0.25) is 17.7 Å². The van der Waals surface area contributed by atoms with Gasteiger partial charge in [-0.25, -0.2) is 4.99 Å². The molecule has 28 heavy (non-hydrogen) atoms. The summed E-state index contributed by atoms with van der Waals surface area (Å²) in [6, 6.07) is 9.59. The number of rotatable bonds is 4. The molecule has 0 unspecified atom stereocenters. The maximum Gasteiger partial charge on any atom is 0.233 e. The van der Waals surface area contributed by atoms with Gasteiger partial charge < -0.3 is 0 Å². The molecule has 1 aliphatic carbocycles. The van der Waals surface area contributed by atoms with Gasteiger partial charge in [0.05, 0.1) is 17.5 Å². The van der Waals surface area contributed by atoms with Crippen molar-refractivity contribution in [3.63, 3.8) is 0 Å². The minimum absolute atomic E-state index is 0.0719. The van der Waals surface area contributed by atoms with E-state index in [0.717, 1.165) is 43.5 Å². The van der Waals surface area contributed by atoms with Crippen molar-refractivity contribution < 1.29 is 14.4 Å². The number of para-hydroxylation sites is 1. The Bertz CT molecular complexity index is 771. The van der Waals surface area contributed by atoms with Crippen molar-refractivity contribution in [2.45, 2.75) is 38.5 Å². The second-order valence-electron chi connectivity index (χ2n) is 7.55. The zero-order valence-electron chi connectivity index (χ0n) is 15.9. The number of fused-ring (bicyclic) bond motifs is 1. The molecule has 3 aliphatic rings. The molecule has 1 aromatic carbocycles. The zero-order valence-corrected chi connectivity index (χ0v) is 16.7. The van der Waals surface area contributed by atoms with E-state index in [0.29, 0.717) is 11.7 Å². The summed E-state index contributed by atoms with van der Waals surface area (Å²) >= 11 is 1.58. The standard InChI is InChI=1S/C21H25N3O3S/c25-18(11-13-24-19(26)16-9-4-5-10-17(16)20(24)27)23-12-6-14-28-21(23)22-15-7-2-1-3-8-15/h1-3,7-8,16-17H,4-6,9-14H2/t16-,17-/m1/s1. The maximum atomic E-state index is 12.9. The van der Waals surface area contributed by atoms with Crippen molar-refractivity contribution in [2.75, 3.05) is 18.8 Å². The summed E-state index contributed by atoms with van der Waals surface area (Å²) in [5.74, 6) is 0.399. The van der Waals surface area contributed by atoms with Gasteiger partial charge in [0.15, 0.2) is 5.17 Å². The maximum absolute atomic E-state index is 12.9. The minimum Gasteiger partial charge on any atom is -0.291 e. The van der Waals surface area contributed by atoms with Crippen LogP contribution in [-0.2, 0) is 14.4 Å². The number of thioether (sulfide) groups is 1. The topological polar surface area (TPSA) is 70.1 Å². The lowest BCUT2D eigenvalue weighted by molar-refractivity contribution is -0.140. The van der Waals surface area contributed by atoms with E-state index in [4.69, 9.17) is 0 Å². The number of carbonyl (C=O) groups excluding carboxylic acids is 3. The third kappa shape index (κ3) is 3.85. The van der Waals surface area contributed by atoms with E-state index in [2.05, 4.69) is 4.99 Å².